The number of nitrogens with one attached hydrogen (secondary N) is 1. The zero-order valence-corrected chi connectivity index (χ0v) is 10.7. The molecule has 1 aliphatic carbocycles. The molecular weight excluding hydrogens is 244 g/mol. The Bertz CT molecular complexity index is 416. The fourth-order valence-electron chi connectivity index (χ4n) is 2.03. The van der Waals surface area contributed by atoms with Crippen LogP contribution in [0.15, 0.2) is 0 Å². The Hall–Kier alpha value is -0.660. The Labute approximate surface area is 101 Å². The van der Waals surface area contributed by atoms with Gasteiger partial charge in [0.15, 0.2) is 0 Å². The summed E-state index contributed by atoms with van der Waals surface area (Å²) in [6.45, 7) is 2.36. The van der Waals surface area contributed by atoms with E-state index in [1.54, 1.807) is 0 Å². The van der Waals surface area contributed by atoms with Gasteiger partial charge in [0.1, 0.15) is 0 Å². The third kappa shape index (κ3) is 2.97. The van der Waals surface area contributed by atoms with Crippen molar-refractivity contribution in [3.05, 3.63) is 0 Å². The van der Waals surface area contributed by atoms with E-state index in [1.165, 1.54) is 4.31 Å². The van der Waals surface area contributed by atoms with Crippen LogP contribution in [0.3, 0.4) is 0 Å². The Balaban J connectivity index is 2.03. The summed E-state index contributed by atoms with van der Waals surface area (Å²) in [5, 5.41) is 8.92. The van der Waals surface area contributed by atoms with Crippen LogP contribution in [0.1, 0.15) is 32.6 Å². The maximum absolute atomic E-state index is 12.0. The Morgan fingerprint density at radius 1 is 1.47 bits per heavy atom. The molecule has 0 bridgehead atoms. The highest BCUT2D eigenvalue weighted by Crippen LogP contribution is 2.35. The standard InChI is InChI=1S/C10H18N2O4S/c1-10(4-5-10)11-17(15,16)12-6-2-3-8(7-12)9(13)14/h8,11H,2-7H2,1H3,(H,13,14). The van der Waals surface area contributed by atoms with E-state index < -0.39 is 22.1 Å². The smallest absolute Gasteiger partial charge is 0.307 e. The van der Waals surface area contributed by atoms with Gasteiger partial charge in [0, 0.05) is 18.6 Å². The third-order valence-electron chi connectivity index (χ3n) is 3.45. The molecule has 2 aliphatic rings. The molecule has 1 atom stereocenters. The predicted molar refractivity (Wildman–Crippen MR) is 61.6 cm³/mol. The molecule has 0 aromatic carbocycles. The van der Waals surface area contributed by atoms with Crippen LogP contribution in [0.4, 0.5) is 0 Å². The lowest BCUT2D eigenvalue weighted by atomic mass is 10.0. The van der Waals surface area contributed by atoms with Crippen LogP contribution in [-0.2, 0) is 15.0 Å². The van der Waals surface area contributed by atoms with Crippen molar-refractivity contribution in [2.45, 2.75) is 38.1 Å². The molecule has 98 valence electrons. The van der Waals surface area contributed by atoms with Crippen molar-refractivity contribution in [1.29, 1.82) is 0 Å². The first-order valence-electron chi connectivity index (χ1n) is 5.84. The lowest BCUT2D eigenvalue weighted by Crippen LogP contribution is -2.50. The van der Waals surface area contributed by atoms with Gasteiger partial charge in [0.05, 0.1) is 5.92 Å². The second-order valence-electron chi connectivity index (χ2n) is 5.20. The summed E-state index contributed by atoms with van der Waals surface area (Å²) in [7, 11) is -3.52. The average Bonchev–Trinajstić information content (AvgIpc) is 2.95. The molecule has 1 aliphatic heterocycles. The summed E-state index contributed by atoms with van der Waals surface area (Å²) < 4.78 is 28.0. The first-order valence-corrected chi connectivity index (χ1v) is 7.28. The number of nitrogens with zero attached hydrogens (tertiary/aromatic N) is 1. The molecule has 6 nitrogen and oxygen atoms in total. The number of aliphatic carboxylic acids is 1. The highest BCUT2D eigenvalue weighted by Gasteiger charge is 2.43. The van der Waals surface area contributed by atoms with E-state index in [4.69, 9.17) is 5.11 Å². The van der Waals surface area contributed by atoms with Gasteiger partial charge in [-0.3, -0.25) is 4.79 Å². The average molecular weight is 262 g/mol. The van der Waals surface area contributed by atoms with Crippen molar-refractivity contribution in [3.63, 3.8) is 0 Å². The molecule has 7 heteroatoms. The van der Waals surface area contributed by atoms with Crippen molar-refractivity contribution >= 4 is 16.2 Å². The van der Waals surface area contributed by atoms with Gasteiger partial charge in [0.25, 0.3) is 10.2 Å². The topological polar surface area (TPSA) is 86.7 Å². The Morgan fingerprint density at radius 3 is 2.65 bits per heavy atom. The normalized spacial score (nSPS) is 28.9. The minimum Gasteiger partial charge on any atom is -0.481 e. The van der Waals surface area contributed by atoms with E-state index in [9.17, 15) is 13.2 Å². The molecule has 0 aromatic heterocycles. The zero-order valence-electron chi connectivity index (χ0n) is 9.85. The molecular formula is C10H18N2O4S. The first kappa shape index (κ1) is 12.8. The maximum atomic E-state index is 12.0. The molecule has 0 spiro atoms. The SMILES string of the molecule is CC1(NS(=O)(=O)N2CCCC(C(=O)O)C2)CC1. The van der Waals surface area contributed by atoms with Crippen molar-refractivity contribution < 1.29 is 18.3 Å². The second-order valence-corrected chi connectivity index (χ2v) is 6.87. The van der Waals surface area contributed by atoms with Crippen LogP contribution in [0, 0.1) is 5.92 Å². The zero-order chi connectivity index (χ0) is 12.7. The fraction of sp³-hybridized carbons (Fsp3) is 0.900. The number of carboxylic acid groups (broad SMARTS) is 1. The number of carboxylic acids is 1. The molecule has 0 radical (unpaired) electrons. The third-order valence-corrected chi connectivity index (χ3v) is 5.21. The van der Waals surface area contributed by atoms with E-state index in [0.717, 1.165) is 12.8 Å². The highest BCUT2D eigenvalue weighted by atomic mass is 32.2. The molecule has 1 saturated carbocycles. The molecule has 1 saturated heterocycles. The summed E-state index contributed by atoms with van der Waals surface area (Å²) in [6, 6.07) is 0. The van der Waals surface area contributed by atoms with E-state index in [1.807, 2.05) is 6.92 Å². The van der Waals surface area contributed by atoms with E-state index in [0.29, 0.717) is 19.4 Å². The second kappa shape index (κ2) is 4.22. The van der Waals surface area contributed by atoms with Gasteiger partial charge in [-0.25, -0.2) is 0 Å². The summed E-state index contributed by atoms with van der Waals surface area (Å²) in [5.41, 5.74) is -0.311. The van der Waals surface area contributed by atoms with Gasteiger partial charge in [0.2, 0.25) is 0 Å². The van der Waals surface area contributed by atoms with Gasteiger partial charge in [-0.05, 0) is 32.6 Å². The summed E-state index contributed by atoms with van der Waals surface area (Å²) in [5.74, 6) is -1.49. The van der Waals surface area contributed by atoms with Crippen molar-refractivity contribution in [2.24, 2.45) is 5.92 Å². The highest BCUT2D eigenvalue weighted by molar-refractivity contribution is 7.87. The first-order chi connectivity index (χ1) is 7.82. The molecule has 1 heterocycles. The maximum Gasteiger partial charge on any atom is 0.307 e. The van der Waals surface area contributed by atoms with Crippen LogP contribution < -0.4 is 4.72 Å². The molecule has 1 unspecified atom stereocenters. The van der Waals surface area contributed by atoms with Gasteiger partial charge in [-0.15, -0.1) is 0 Å². The lowest BCUT2D eigenvalue weighted by molar-refractivity contribution is -0.142. The van der Waals surface area contributed by atoms with Crippen molar-refractivity contribution in [1.82, 2.24) is 9.03 Å². The molecule has 0 aromatic rings. The summed E-state index contributed by atoms with van der Waals surface area (Å²) >= 11 is 0. The van der Waals surface area contributed by atoms with Gasteiger partial charge < -0.3 is 5.11 Å². The molecule has 17 heavy (non-hydrogen) atoms. The summed E-state index contributed by atoms with van der Waals surface area (Å²) in [6.07, 6.45) is 2.86. The van der Waals surface area contributed by atoms with E-state index >= 15 is 0 Å². The Morgan fingerprint density at radius 2 is 2.12 bits per heavy atom. The van der Waals surface area contributed by atoms with Crippen molar-refractivity contribution in [3.8, 4) is 0 Å². The van der Waals surface area contributed by atoms with Crippen LogP contribution in [0.5, 0.6) is 0 Å². The van der Waals surface area contributed by atoms with Gasteiger partial charge in [-0.2, -0.15) is 17.4 Å². The predicted octanol–water partition coefficient (Wildman–Crippen LogP) is 0.170. The number of carbonyl (C=O) groups is 1. The Kier molecular flexibility index (Phi) is 3.17. The molecule has 2 N–H and O–H groups in total. The lowest BCUT2D eigenvalue weighted by Gasteiger charge is -2.30. The van der Waals surface area contributed by atoms with Gasteiger partial charge in [-0.1, -0.05) is 0 Å². The van der Waals surface area contributed by atoms with Crippen LogP contribution >= 0.6 is 0 Å². The van der Waals surface area contributed by atoms with Gasteiger partial charge >= 0.3 is 5.97 Å². The number of hydrogen-bond donors (Lipinski definition) is 2. The van der Waals surface area contributed by atoms with Crippen LogP contribution in [0.25, 0.3) is 0 Å². The number of rotatable bonds is 4. The number of hydrogen-bond acceptors (Lipinski definition) is 3. The van der Waals surface area contributed by atoms with Crippen molar-refractivity contribution in [2.75, 3.05) is 13.1 Å². The quantitative estimate of drug-likeness (QED) is 0.756. The monoisotopic (exact) mass is 262 g/mol. The molecule has 2 rings (SSSR count). The minimum absolute atomic E-state index is 0.0841. The van der Waals surface area contributed by atoms with E-state index in [-0.39, 0.29) is 12.1 Å². The largest absolute Gasteiger partial charge is 0.481 e. The van der Waals surface area contributed by atoms with E-state index in [2.05, 4.69) is 4.72 Å². The van der Waals surface area contributed by atoms with Crippen LogP contribution in [-0.4, -0.2) is 42.4 Å². The molecule has 0 amide bonds. The minimum atomic E-state index is -3.52. The molecule has 2 fully saturated rings. The fourth-order valence-corrected chi connectivity index (χ4v) is 3.73. The van der Waals surface area contributed by atoms with Crippen LogP contribution in [0.2, 0.25) is 0 Å². The summed E-state index contributed by atoms with van der Waals surface area (Å²) in [4.78, 5) is 10.9. The number of piperidine rings is 1.